The highest BCUT2D eigenvalue weighted by Crippen LogP contribution is 2.48. The summed E-state index contributed by atoms with van der Waals surface area (Å²) in [6, 6.07) is 0. The summed E-state index contributed by atoms with van der Waals surface area (Å²) in [7, 11) is 0. The van der Waals surface area contributed by atoms with Crippen molar-refractivity contribution in [1.82, 2.24) is 0 Å². The van der Waals surface area contributed by atoms with Crippen LogP contribution in [-0.2, 0) is 0 Å². The largest absolute Gasteiger partial charge is 0.282 e. The van der Waals surface area contributed by atoms with Crippen molar-refractivity contribution in [3.05, 3.63) is 0 Å². The summed E-state index contributed by atoms with van der Waals surface area (Å²) in [4.78, 5) is 4.87. The first kappa shape index (κ1) is 11.1. The van der Waals surface area contributed by atoms with Gasteiger partial charge in [0, 0.05) is 6.21 Å². The Morgan fingerprint density at radius 1 is 0.938 bits per heavy atom. The molecule has 0 aromatic rings. The summed E-state index contributed by atoms with van der Waals surface area (Å²) >= 11 is 2.22. The molecule has 0 aromatic carbocycles. The SMILES string of the molecule is C1=NC(C2CCCCC2)SC12CCCCC2. The first-order chi connectivity index (χ1) is 7.88. The van der Waals surface area contributed by atoms with E-state index in [1.54, 1.807) is 0 Å². The minimum Gasteiger partial charge on any atom is -0.282 e. The van der Waals surface area contributed by atoms with Crippen LogP contribution in [0.3, 0.4) is 0 Å². The van der Waals surface area contributed by atoms with Crippen LogP contribution in [0.1, 0.15) is 64.2 Å². The molecule has 90 valence electrons. The molecule has 2 aliphatic carbocycles. The van der Waals surface area contributed by atoms with Crippen molar-refractivity contribution in [2.75, 3.05) is 0 Å². The van der Waals surface area contributed by atoms with Crippen molar-refractivity contribution in [2.24, 2.45) is 10.9 Å². The minimum absolute atomic E-state index is 0.473. The number of thioether (sulfide) groups is 1. The molecule has 1 heterocycles. The maximum absolute atomic E-state index is 4.87. The summed E-state index contributed by atoms with van der Waals surface area (Å²) in [5, 5.41) is 0.624. The van der Waals surface area contributed by atoms with Gasteiger partial charge < -0.3 is 0 Å². The summed E-state index contributed by atoms with van der Waals surface area (Å²) in [5.74, 6) is 0.899. The Hall–Kier alpha value is 0.0200. The molecule has 1 aliphatic heterocycles. The van der Waals surface area contributed by atoms with E-state index in [1.807, 2.05) is 0 Å². The second kappa shape index (κ2) is 4.72. The topological polar surface area (TPSA) is 12.4 Å². The van der Waals surface area contributed by atoms with E-state index in [9.17, 15) is 0 Å². The molecule has 2 saturated carbocycles. The van der Waals surface area contributed by atoms with Gasteiger partial charge in [-0.05, 0) is 31.6 Å². The quantitative estimate of drug-likeness (QED) is 0.658. The molecule has 0 N–H and O–H groups in total. The predicted molar refractivity (Wildman–Crippen MR) is 72.3 cm³/mol. The highest BCUT2D eigenvalue weighted by molar-refractivity contribution is 8.02. The van der Waals surface area contributed by atoms with Gasteiger partial charge in [0.2, 0.25) is 0 Å². The third-order valence-corrected chi connectivity index (χ3v) is 6.30. The predicted octanol–water partition coefficient (Wildman–Crippen LogP) is 4.41. The second-order valence-electron chi connectivity index (χ2n) is 5.81. The first-order valence-electron chi connectivity index (χ1n) is 7.10. The van der Waals surface area contributed by atoms with Gasteiger partial charge in [0.05, 0.1) is 10.1 Å². The van der Waals surface area contributed by atoms with Crippen LogP contribution >= 0.6 is 11.8 Å². The lowest BCUT2D eigenvalue weighted by molar-refractivity contribution is 0.353. The molecule has 1 nitrogen and oxygen atoms in total. The normalized spacial score (nSPS) is 34.6. The number of hydrogen-bond acceptors (Lipinski definition) is 2. The van der Waals surface area contributed by atoms with Crippen molar-refractivity contribution < 1.29 is 0 Å². The van der Waals surface area contributed by atoms with E-state index in [4.69, 9.17) is 4.99 Å². The fourth-order valence-electron chi connectivity index (χ4n) is 3.55. The third-order valence-electron chi connectivity index (χ3n) is 4.57. The highest BCUT2D eigenvalue weighted by Gasteiger charge is 2.40. The molecule has 3 aliphatic rings. The highest BCUT2D eigenvalue weighted by atomic mass is 32.2. The van der Waals surface area contributed by atoms with Gasteiger partial charge >= 0.3 is 0 Å². The molecule has 2 heteroatoms. The van der Waals surface area contributed by atoms with E-state index in [1.165, 1.54) is 64.2 Å². The lowest BCUT2D eigenvalue weighted by Gasteiger charge is -2.33. The zero-order valence-corrected chi connectivity index (χ0v) is 11.0. The van der Waals surface area contributed by atoms with Gasteiger partial charge in [-0.25, -0.2) is 0 Å². The third kappa shape index (κ3) is 2.18. The average Bonchev–Trinajstić information content (AvgIpc) is 2.75. The lowest BCUT2D eigenvalue weighted by atomic mass is 9.89. The molecule has 16 heavy (non-hydrogen) atoms. The Morgan fingerprint density at radius 2 is 1.62 bits per heavy atom. The van der Waals surface area contributed by atoms with Crippen molar-refractivity contribution >= 4 is 18.0 Å². The zero-order chi connectivity index (χ0) is 10.8. The van der Waals surface area contributed by atoms with Crippen LogP contribution in [0, 0.1) is 5.92 Å². The molecule has 0 bridgehead atoms. The van der Waals surface area contributed by atoms with Gasteiger partial charge in [-0.2, -0.15) is 0 Å². The Balaban J connectivity index is 1.61. The van der Waals surface area contributed by atoms with Crippen LogP contribution in [0.25, 0.3) is 0 Å². The second-order valence-corrected chi connectivity index (χ2v) is 7.34. The number of rotatable bonds is 1. The smallest absolute Gasteiger partial charge is 0.0985 e. The molecule has 1 unspecified atom stereocenters. The molecular formula is C14H23NS. The summed E-state index contributed by atoms with van der Waals surface area (Å²) in [5.41, 5.74) is 0. The Kier molecular flexibility index (Phi) is 3.28. The number of aliphatic imine (C=N–C) groups is 1. The monoisotopic (exact) mass is 237 g/mol. The van der Waals surface area contributed by atoms with Crippen molar-refractivity contribution in [2.45, 2.75) is 74.3 Å². The van der Waals surface area contributed by atoms with E-state index in [-0.39, 0.29) is 0 Å². The van der Waals surface area contributed by atoms with E-state index >= 15 is 0 Å². The van der Waals surface area contributed by atoms with Gasteiger partial charge in [-0.15, -0.1) is 11.8 Å². The molecular weight excluding hydrogens is 214 g/mol. The molecule has 2 fully saturated rings. The van der Waals surface area contributed by atoms with E-state index in [2.05, 4.69) is 18.0 Å². The average molecular weight is 237 g/mol. The fraction of sp³-hybridized carbons (Fsp3) is 0.929. The maximum atomic E-state index is 4.87. The Labute approximate surface area is 103 Å². The van der Waals surface area contributed by atoms with E-state index < -0.39 is 0 Å². The number of nitrogens with zero attached hydrogens (tertiary/aromatic N) is 1. The van der Waals surface area contributed by atoms with Gasteiger partial charge in [-0.1, -0.05) is 38.5 Å². The first-order valence-corrected chi connectivity index (χ1v) is 7.98. The Morgan fingerprint density at radius 3 is 2.38 bits per heavy atom. The van der Waals surface area contributed by atoms with Gasteiger partial charge in [0.1, 0.15) is 0 Å². The maximum Gasteiger partial charge on any atom is 0.0985 e. The summed E-state index contributed by atoms with van der Waals surface area (Å²) < 4.78 is 0.473. The fourth-order valence-corrected chi connectivity index (χ4v) is 5.26. The molecule has 0 saturated heterocycles. The van der Waals surface area contributed by atoms with Crippen LogP contribution in [0.15, 0.2) is 4.99 Å². The standard InChI is InChI=1S/C14H23NS/c1-3-7-12(8-4-1)13-15-11-14(16-13)9-5-2-6-10-14/h11-13H,1-10H2. The molecule has 0 radical (unpaired) electrons. The summed E-state index contributed by atoms with van der Waals surface area (Å²) in [6.07, 6.45) is 16.7. The van der Waals surface area contributed by atoms with Crippen LogP contribution in [0.2, 0.25) is 0 Å². The van der Waals surface area contributed by atoms with E-state index in [0.29, 0.717) is 10.1 Å². The molecule has 1 spiro atoms. The minimum atomic E-state index is 0.473. The van der Waals surface area contributed by atoms with Gasteiger partial charge in [0.25, 0.3) is 0 Å². The van der Waals surface area contributed by atoms with Crippen molar-refractivity contribution in [1.29, 1.82) is 0 Å². The van der Waals surface area contributed by atoms with Gasteiger partial charge in [-0.3, -0.25) is 4.99 Å². The molecule has 0 amide bonds. The molecule has 0 aromatic heterocycles. The Bertz CT molecular complexity index is 262. The molecule has 3 rings (SSSR count). The van der Waals surface area contributed by atoms with E-state index in [0.717, 1.165) is 5.92 Å². The van der Waals surface area contributed by atoms with Crippen LogP contribution < -0.4 is 0 Å². The van der Waals surface area contributed by atoms with Crippen LogP contribution in [0.4, 0.5) is 0 Å². The van der Waals surface area contributed by atoms with Crippen LogP contribution in [-0.4, -0.2) is 16.3 Å². The van der Waals surface area contributed by atoms with Crippen molar-refractivity contribution in [3.8, 4) is 0 Å². The van der Waals surface area contributed by atoms with Gasteiger partial charge in [0.15, 0.2) is 0 Å². The summed E-state index contributed by atoms with van der Waals surface area (Å²) in [6.45, 7) is 0. The zero-order valence-electron chi connectivity index (χ0n) is 10.2. The van der Waals surface area contributed by atoms with Crippen LogP contribution in [0.5, 0.6) is 0 Å². The lowest BCUT2D eigenvalue weighted by Crippen LogP contribution is -2.28. The van der Waals surface area contributed by atoms with Crippen molar-refractivity contribution in [3.63, 3.8) is 0 Å². The number of hydrogen-bond donors (Lipinski definition) is 0. The molecule has 1 atom stereocenters.